The molecule has 7 heteroatoms. The molecule has 0 saturated carbocycles. The van der Waals surface area contributed by atoms with Crippen LogP contribution < -0.4 is 14.2 Å². The van der Waals surface area contributed by atoms with Crippen molar-refractivity contribution in [2.45, 2.75) is 6.54 Å². The van der Waals surface area contributed by atoms with Gasteiger partial charge >= 0.3 is 5.97 Å². The second-order valence-electron chi connectivity index (χ2n) is 6.91. The lowest BCUT2D eigenvalue weighted by molar-refractivity contribution is -0.133. The predicted molar refractivity (Wildman–Crippen MR) is 117 cm³/mol. The average molecular weight is 423 g/mol. The first-order valence-corrected chi connectivity index (χ1v) is 9.65. The number of carbonyl (C=O) groups excluding carboxylic acids is 2. The zero-order chi connectivity index (χ0) is 22.4. The maximum Gasteiger partial charge on any atom is 0.346 e. The second kappa shape index (κ2) is 9.84. The summed E-state index contributed by atoms with van der Waals surface area (Å²) in [5.74, 6) is 0.421. The monoisotopic (exact) mass is 423 g/mol. The average Bonchev–Trinajstić information content (AvgIpc) is 2.81. The third-order valence-electron chi connectivity index (χ3n) is 4.92. The lowest BCUT2D eigenvalue weighted by atomic mass is 10.1. The molecule has 162 valence electrons. The van der Waals surface area contributed by atoms with Gasteiger partial charge in [-0.25, -0.2) is 4.79 Å². The van der Waals surface area contributed by atoms with Crippen LogP contribution in [0.4, 0.5) is 0 Å². The van der Waals surface area contributed by atoms with Crippen LogP contribution in [0, 0.1) is 0 Å². The number of hydrogen-bond donors (Lipinski definition) is 0. The number of methoxy groups -OCH3 is 3. The Hall–Kier alpha value is -3.74. The van der Waals surface area contributed by atoms with Crippen molar-refractivity contribution < 1.29 is 28.5 Å². The van der Waals surface area contributed by atoms with Crippen LogP contribution in [0.5, 0.6) is 17.2 Å². The van der Waals surface area contributed by atoms with Gasteiger partial charge in [0.2, 0.25) is 0 Å². The normalized spacial score (nSPS) is 10.5. The molecule has 0 unspecified atom stereocenters. The largest absolute Gasteiger partial charge is 0.497 e. The van der Waals surface area contributed by atoms with E-state index in [0.717, 1.165) is 22.1 Å². The molecule has 0 aliphatic heterocycles. The number of likely N-dealkylation sites (N-methyl/N-ethyl adjacent to an activating group) is 1. The molecule has 0 aliphatic carbocycles. The molecule has 31 heavy (non-hydrogen) atoms. The van der Waals surface area contributed by atoms with Crippen molar-refractivity contribution in [2.24, 2.45) is 0 Å². The smallest absolute Gasteiger partial charge is 0.346 e. The highest BCUT2D eigenvalue weighted by atomic mass is 16.5. The number of hydrogen-bond acceptors (Lipinski definition) is 6. The van der Waals surface area contributed by atoms with Crippen molar-refractivity contribution >= 4 is 22.6 Å². The minimum Gasteiger partial charge on any atom is -0.497 e. The van der Waals surface area contributed by atoms with E-state index in [1.54, 1.807) is 32.4 Å². The summed E-state index contributed by atoms with van der Waals surface area (Å²) in [6.07, 6.45) is 0. The number of esters is 1. The fraction of sp³-hybridized carbons (Fsp3) is 0.250. The van der Waals surface area contributed by atoms with Gasteiger partial charge in [-0.3, -0.25) is 4.79 Å². The Morgan fingerprint density at radius 1 is 0.839 bits per heavy atom. The molecular formula is C24H25NO6. The van der Waals surface area contributed by atoms with Gasteiger partial charge in [-0.15, -0.1) is 0 Å². The summed E-state index contributed by atoms with van der Waals surface area (Å²) in [6.45, 7) is -0.00233. The summed E-state index contributed by atoms with van der Waals surface area (Å²) in [7, 11) is 6.19. The van der Waals surface area contributed by atoms with Gasteiger partial charge in [-0.2, -0.15) is 0 Å². The van der Waals surface area contributed by atoms with Crippen molar-refractivity contribution in [1.29, 1.82) is 0 Å². The first-order chi connectivity index (χ1) is 15.0. The lowest BCUT2D eigenvalue weighted by Gasteiger charge is -2.18. The van der Waals surface area contributed by atoms with E-state index in [1.165, 1.54) is 19.1 Å². The summed E-state index contributed by atoms with van der Waals surface area (Å²) < 4.78 is 20.9. The van der Waals surface area contributed by atoms with E-state index in [1.807, 2.05) is 36.4 Å². The molecule has 0 heterocycles. The third kappa shape index (κ3) is 5.06. The molecular weight excluding hydrogens is 398 g/mol. The summed E-state index contributed by atoms with van der Waals surface area (Å²) in [5.41, 5.74) is 1.11. The predicted octanol–water partition coefficient (Wildman–Crippen LogP) is 3.68. The summed E-state index contributed by atoms with van der Waals surface area (Å²) >= 11 is 0. The van der Waals surface area contributed by atoms with Gasteiger partial charge in [0, 0.05) is 13.6 Å². The highest BCUT2D eigenvalue weighted by molar-refractivity contribution is 5.96. The minimum absolute atomic E-state index is 0.146. The molecule has 0 N–H and O–H groups in total. The van der Waals surface area contributed by atoms with Crippen LogP contribution in [0.15, 0.2) is 54.6 Å². The molecule has 0 saturated heterocycles. The molecule has 0 spiro atoms. The summed E-state index contributed by atoms with van der Waals surface area (Å²) in [6, 6.07) is 16.7. The summed E-state index contributed by atoms with van der Waals surface area (Å²) in [5, 5.41) is 2.10. The Bertz CT molecular complexity index is 1070. The molecule has 0 bridgehead atoms. The number of fused-ring (bicyclic) bond motifs is 1. The van der Waals surface area contributed by atoms with Crippen molar-refractivity contribution in [3.05, 3.63) is 65.7 Å². The van der Waals surface area contributed by atoms with Crippen LogP contribution in [-0.4, -0.2) is 51.8 Å². The van der Waals surface area contributed by atoms with Crippen molar-refractivity contribution in [3.63, 3.8) is 0 Å². The van der Waals surface area contributed by atoms with Crippen molar-refractivity contribution in [1.82, 2.24) is 4.90 Å². The Morgan fingerprint density at radius 2 is 1.48 bits per heavy atom. The van der Waals surface area contributed by atoms with Gasteiger partial charge in [0.1, 0.15) is 22.8 Å². The fourth-order valence-electron chi connectivity index (χ4n) is 3.22. The van der Waals surface area contributed by atoms with Crippen LogP contribution in [0.2, 0.25) is 0 Å². The van der Waals surface area contributed by atoms with E-state index in [9.17, 15) is 9.59 Å². The lowest BCUT2D eigenvalue weighted by Crippen LogP contribution is -2.31. The SMILES string of the molecule is COc1ccc2cc(CN(C)C(=O)COC(=O)c3c(OC)cccc3OC)ccc2c1. The van der Waals surface area contributed by atoms with Gasteiger partial charge < -0.3 is 23.8 Å². The maximum atomic E-state index is 12.5. The molecule has 0 atom stereocenters. The van der Waals surface area contributed by atoms with Crippen LogP contribution in [0.1, 0.15) is 15.9 Å². The zero-order valence-corrected chi connectivity index (χ0v) is 18.0. The first-order valence-electron chi connectivity index (χ1n) is 9.65. The van der Waals surface area contributed by atoms with Crippen LogP contribution >= 0.6 is 0 Å². The van der Waals surface area contributed by atoms with Gasteiger partial charge in [-0.1, -0.05) is 24.3 Å². The number of amides is 1. The molecule has 3 rings (SSSR count). The molecule has 7 nitrogen and oxygen atoms in total. The standard InChI is InChI=1S/C24H25NO6/c1-25(14-16-8-9-18-13-19(28-2)11-10-17(18)12-16)22(26)15-31-24(27)23-20(29-3)6-5-7-21(23)30-4/h5-13H,14-15H2,1-4H3. The van der Waals surface area contributed by atoms with Crippen LogP contribution in [0.25, 0.3) is 10.8 Å². The van der Waals surface area contributed by atoms with Gasteiger partial charge in [-0.05, 0) is 46.7 Å². The van der Waals surface area contributed by atoms with E-state index < -0.39 is 5.97 Å². The van der Waals surface area contributed by atoms with Gasteiger partial charge in [0.05, 0.1) is 21.3 Å². The van der Waals surface area contributed by atoms with E-state index >= 15 is 0 Å². The molecule has 0 radical (unpaired) electrons. The Morgan fingerprint density at radius 3 is 2.13 bits per heavy atom. The number of rotatable bonds is 8. The Kier molecular flexibility index (Phi) is 6.97. The van der Waals surface area contributed by atoms with E-state index in [2.05, 4.69) is 0 Å². The first kappa shape index (κ1) is 22.0. The quantitative estimate of drug-likeness (QED) is 0.515. The zero-order valence-electron chi connectivity index (χ0n) is 18.0. The maximum absolute atomic E-state index is 12.5. The van der Waals surface area contributed by atoms with E-state index in [0.29, 0.717) is 18.0 Å². The molecule has 0 fully saturated rings. The van der Waals surface area contributed by atoms with Gasteiger partial charge in [0.25, 0.3) is 5.91 Å². The third-order valence-corrected chi connectivity index (χ3v) is 4.92. The Balaban J connectivity index is 1.63. The number of carbonyl (C=O) groups is 2. The Labute approximate surface area is 181 Å². The van der Waals surface area contributed by atoms with Crippen molar-refractivity contribution in [2.75, 3.05) is 35.0 Å². The number of nitrogens with zero attached hydrogens (tertiary/aromatic N) is 1. The van der Waals surface area contributed by atoms with Crippen molar-refractivity contribution in [3.8, 4) is 17.2 Å². The van der Waals surface area contributed by atoms with Crippen LogP contribution in [-0.2, 0) is 16.1 Å². The molecule has 3 aromatic carbocycles. The molecule has 0 aliphatic rings. The van der Waals surface area contributed by atoms with E-state index in [4.69, 9.17) is 18.9 Å². The highest BCUT2D eigenvalue weighted by Crippen LogP contribution is 2.29. The second-order valence-corrected chi connectivity index (χ2v) is 6.91. The number of ether oxygens (including phenoxy) is 4. The highest BCUT2D eigenvalue weighted by Gasteiger charge is 2.21. The molecule has 1 amide bonds. The molecule has 0 aromatic heterocycles. The minimum atomic E-state index is -0.685. The molecule has 3 aromatic rings. The van der Waals surface area contributed by atoms with Gasteiger partial charge in [0.15, 0.2) is 6.61 Å². The number of benzene rings is 3. The van der Waals surface area contributed by atoms with Crippen LogP contribution in [0.3, 0.4) is 0 Å². The van der Waals surface area contributed by atoms with E-state index in [-0.39, 0.29) is 18.1 Å². The summed E-state index contributed by atoms with van der Waals surface area (Å²) in [4.78, 5) is 26.5. The fourth-order valence-corrected chi connectivity index (χ4v) is 3.22. The topological polar surface area (TPSA) is 74.3 Å².